The Morgan fingerprint density at radius 1 is 1.14 bits per heavy atom. The maximum atomic E-state index is 13.8. The van der Waals surface area contributed by atoms with Gasteiger partial charge in [-0.15, -0.1) is 0 Å². The number of carbonyl (C=O) groups is 1. The Hall–Kier alpha value is -2.02. The topological polar surface area (TPSA) is 75.3 Å². The maximum absolute atomic E-state index is 13.8. The van der Waals surface area contributed by atoms with Crippen molar-refractivity contribution < 1.29 is 18.7 Å². The number of rotatable bonds is 6. The van der Waals surface area contributed by atoms with Crippen molar-refractivity contribution in [2.45, 2.75) is 51.3 Å². The molecule has 2 aromatic rings. The molecule has 2 atom stereocenters. The molecule has 7 heteroatoms. The number of nitrogens with one attached hydrogen (secondary N) is 1. The number of benzene rings is 2. The number of amides is 1. The van der Waals surface area contributed by atoms with Gasteiger partial charge in [-0.05, 0) is 74.7 Å². The van der Waals surface area contributed by atoms with Crippen LogP contribution in [0.1, 0.15) is 42.3 Å². The standard InChI is InChI=1S/C21H25ClF2N2O2/c1-21(2,3)26-20(28)16-6-4-14(22)8-12(16)11-19(27)18(25)10-13-9-15(23)5-7-17(13)24/h4-9,18-19,27H,10-11,25H2,1-3H3,(H,26,28)/t18-,19+/m1/s1. The van der Waals surface area contributed by atoms with Crippen molar-refractivity contribution in [3.05, 3.63) is 69.7 Å². The van der Waals surface area contributed by atoms with Crippen molar-refractivity contribution in [3.63, 3.8) is 0 Å². The minimum Gasteiger partial charge on any atom is -0.391 e. The molecule has 0 saturated carbocycles. The molecule has 28 heavy (non-hydrogen) atoms. The van der Waals surface area contributed by atoms with E-state index in [4.69, 9.17) is 17.3 Å². The first kappa shape index (κ1) is 22.3. The van der Waals surface area contributed by atoms with E-state index in [0.717, 1.165) is 18.2 Å². The Morgan fingerprint density at radius 2 is 1.82 bits per heavy atom. The third-order valence-corrected chi connectivity index (χ3v) is 4.42. The molecule has 0 heterocycles. The van der Waals surface area contributed by atoms with Gasteiger partial charge in [0.2, 0.25) is 0 Å². The van der Waals surface area contributed by atoms with E-state index >= 15 is 0 Å². The predicted molar refractivity (Wildman–Crippen MR) is 106 cm³/mol. The summed E-state index contributed by atoms with van der Waals surface area (Å²) in [4.78, 5) is 12.6. The zero-order chi connectivity index (χ0) is 21.1. The van der Waals surface area contributed by atoms with Crippen molar-refractivity contribution in [2.24, 2.45) is 5.73 Å². The molecule has 2 aromatic carbocycles. The van der Waals surface area contributed by atoms with E-state index in [9.17, 15) is 18.7 Å². The highest BCUT2D eigenvalue weighted by Gasteiger charge is 2.23. The molecule has 0 aliphatic heterocycles. The minimum absolute atomic E-state index is 0.0468. The number of hydrogen-bond donors (Lipinski definition) is 3. The van der Waals surface area contributed by atoms with Crippen molar-refractivity contribution in [3.8, 4) is 0 Å². The Bertz CT molecular complexity index is 853. The van der Waals surface area contributed by atoms with Gasteiger partial charge in [-0.3, -0.25) is 4.79 Å². The molecule has 0 radical (unpaired) electrons. The highest BCUT2D eigenvalue weighted by atomic mass is 35.5. The molecule has 0 spiro atoms. The average Bonchev–Trinajstić information content (AvgIpc) is 2.56. The lowest BCUT2D eigenvalue weighted by Crippen LogP contribution is -2.42. The third kappa shape index (κ3) is 6.26. The van der Waals surface area contributed by atoms with Gasteiger partial charge in [0, 0.05) is 28.6 Å². The van der Waals surface area contributed by atoms with Crippen molar-refractivity contribution in [2.75, 3.05) is 0 Å². The fourth-order valence-corrected chi connectivity index (χ4v) is 3.02. The van der Waals surface area contributed by atoms with Crippen LogP contribution in [0.3, 0.4) is 0 Å². The van der Waals surface area contributed by atoms with Crippen LogP contribution in [0.15, 0.2) is 36.4 Å². The largest absolute Gasteiger partial charge is 0.391 e. The zero-order valence-corrected chi connectivity index (χ0v) is 16.9. The summed E-state index contributed by atoms with van der Waals surface area (Å²) in [5.74, 6) is -1.46. The Balaban J connectivity index is 2.18. The second-order valence-electron chi connectivity index (χ2n) is 7.88. The van der Waals surface area contributed by atoms with Gasteiger partial charge >= 0.3 is 0 Å². The first-order valence-electron chi connectivity index (χ1n) is 8.95. The second-order valence-corrected chi connectivity index (χ2v) is 8.32. The molecule has 4 nitrogen and oxygen atoms in total. The van der Waals surface area contributed by atoms with Crippen LogP contribution in [0.25, 0.3) is 0 Å². The lowest BCUT2D eigenvalue weighted by molar-refractivity contribution is 0.0917. The van der Waals surface area contributed by atoms with Gasteiger partial charge in [0.05, 0.1) is 6.10 Å². The Morgan fingerprint density at radius 3 is 2.46 bits per heavy atom. The van der Waals surface area contributed by atoms with Crippen LogP contribution in [0.4, 0.5) is 8.78 Å². The lowest BCUT2D eigenvalue weighted by atomic mass is 9.94. The maximum Gasteiger partial charge on any atom is 0.251 e. The average molecular weight is 411 g/mol. The molecule has 0 unspecified atom stereocenters. The lowest BCUT2D eigenvalue weighted by Gasteiger charge is -2.23. The molecule has 1 amide bonds. The fraction of sp³-hybridized carbons (Fsp3) is 0.381. The molecular formula is C21H25ClF2N2O2. The van der Waals surface area contributed by atoms with Gasteiger partial charge in [0.1, 0.15) is 11.6 Å². The molecule has 0 aliphatic rings. The zero-order valence-electron chi connectivity index (χ0n) is 16.1. The molecule has 152 valence electrons. The Kier molecular flexibility index (Phi) is 7.15. The summed E-state index contributed by atoms with van der Waals surface area (Å²) in [7, 11) is 0. The van der Waals surface area contributed by atoms with Gasteiger partial charge in [0.25, 0.3) is 5.91 Å². The summed E-state index contributed by atoms with van der Waals surface area (Å²) < 4.78 is 27.2. The van der Waals surface area contributed by atoms with Crippen LogP contribution in [0.2, 0.25) is 5.02 Å². The molecular weight excluding hydrogens is 386 g/mol. The molecule has 4 N–H and O–H groups in total. The summed E-state index contributed by atoms with van der Waals surface area (Å²) in [6.07, 6.45) is -1.08. The quantitative estimate of drug-likeness (QED) is 0.680. The van der Waals surface area contributed by atoms with Crippen LogP contribution >= 0.6 is 11.6 Å². The Labute approximate surface area is 168 Å². The SMILES string of the molecule is CC(C)(C)NC(=O)c1ccc(Cl)cc1C[C@H](O)[C@H](N)Cc1cc(F)ccc1F. The van der Waals surface area contributed by atoms with Gasteiger partial charge in [-0.2, -0.15) is 0 Å². The van der Waals surface area contributed by atoms with Crippen LogP contribution in [0.5, 0.6) is 0 Å². The van der Waals surface area contributed by atoms with Gasteiger partial charge in [0.15, 0.2) is 0 Å². The molecule has 2 rings (SSSR count). The number of hydrogen-bond acceptors (Lipinski definition) is 3. The summed E-state index contributed by atoms with van der Waals surface area (Å²) in [6, 6.07) is 7.03. The minimum atomic E-state index is -1.08. The normalized spacial score (nSPS) is 13.9. The molecule has 0 aliphatic carbocycles. The first-order chi connectivity index (χ1) is 13.0. The van der Waals surface area contributed by atoms with Gasteiger partial charge < -0.3 is 16.2 Å². The van der Waals surface area contributed by atoms with Crippen LogP contribution < -0.4 is 11.1 Å². The fourth-order valence-electron chi connectivity index (χ4n) is 2.83. The molecule has 0 saturated heterocycles. The number of nitrogens with two attached hydrogens (primary N) is 1. The van der Waals surface area contributed by atoms with Crippen LogP contribution in [-0.4, -0.2) is 28.7 Å². The van der Waals surface area contributed by atoms with Crippen LogP contribution in [-0.2, 0) is 12.8 Å². The van der Waals surface area contributed by atoms with E-state index in [-0.39, 0.29) is 24.3 Å². The van der Waals surface area contributed by atoms with Gasteiger partial charge in [-0.25, -0.2) is 8.78 Å². The second kappa shape index (κ2) is 8.99. The van der Waals surface area contributed by atoms with E-state index in [1.54, 1.807) is 18.2 Å². The summed E-state index contributed by atoms with van der Waals surface area (Å²) in [5, 5.41) is 13.8. The summed E-state index contributed by atoms with van der Waals surface area (Å²) in [6.45, 7) is 5.58. The highest BCUT2D eigenvalue weighted by Crippen LogP contribution is 2.21. The van der Waals surface area contributed by atoms with E-state index in [2.05, 4.69) is 5.32 Å². The molecule has 0 fully saturated rings. The summed E-state index contributed by atoms with van der Waals surface area (Å²) >= 11 is 6.05. The van der Waals surface area contributed by atoms with Crippen molar-refractivity contribution in [1.82, 2.24) is 5.32 Å². The van der Waals surface area contributed by atoms with Crippen molar-refractivity contribution >= 4 is 17.5 Å². The number of aliphatic hydroxyl groups is 1. The predicted octanol–water partition coefficient (Wildman–Crippen LogP) is 3.62. The van der Waals surface area contributed by atoms with Crippen molar-refractivity contribution in [1.29, 1.82) is 0 Å². The highest BCUT2D eigenvalue weighted by molar-refractivity contribution is 6.30. The smallest absolute Gasteiger partial charge is 0.251 e. The van der Waals surface area contributed by atoms with E-state index in [0.29, 0.717) is 16.1 Å². The molecule has 0 bridgehead atoms. The first-order valence-corrected chi connectivity index (χ1v) is 9.32. The number of aliphatic hydroxyl groups excluding tert-OH is 1. The monoisotopic (exact) mass is 410 g/mol. The van der Waals surface area contributed by atoms with E-state index < -0.39 is 29.3 Å². The van der Waals surface area contributed by atoms with E-state index in [1.165, 1.54) is 0 Å². The van der Waals surface area contributed by atoms with Crippen LogP contribution in [0, 0.1) is 11.6 Å². The van der Waals surface area contributed by atoms with Gasteiger partial charge in [-0.1, -0.05) is 11.6 Å². The number of halogens is 3. The number of carbonyl (C=O) groups excluding carboxylic acids is 1. The third-order valence-electron chi connectivity index (χ3n) is 4.19. The summed E-state index contributed by atoms with van der Waals surface area (Å²) in [5.41, 5.74) is 6.57. The van der Waals surface area contributed by atoms with E-state index in [1.807, 2.05) is 20.8 Å². The molecule has 0 aromatic heterocycles.